The monoisotopic (exact) mass is 256 g/mol. The molecule has 1 aromatic heterocycles. The molecular weight excluding hydrogens is 240 g/mol. The average Bonchev–Trinajstić information content (AvgIpc) is 2.42. The van der Waals surface area contributed by atoms with Gasteiger partial charge in [-0.25, -0.2) is 4.98 Å². The summed E-state index contributed by atoms with van der Waals surface area (Å²) in [6.07, 6.45) is 0. The predicted molar refractivity (Wildman–Crippen MR) is 74.4 cm³/mol. The molecule has 2 aromatic rings. The first-order valence-corrected chi connectivity index (χ1v) is 6.36. The van der Waals surface area contributed by atoms with Crippen molar-refractivity contribution in [2.45, 2.75) is 6.54 Å². The van der Waals surface area contributed by atoms with Gasteiger partial charge in [0.1, 0.15) is 5.82 Å². The number of carbonyl (C=O) groups is 1. The number of nitrogen functional groups attached to an aromatic ring is 1. The van der Waals surface area contributed by atoms with Gasteiger partial charge in [-0.05, 0) is 12.1 Å². The first kappa shape index (κ1) is 11.9. The Morgan fingerprint density at radius 1 is 1.37 bits per heavy atom. The maximum atomic E-state index is 11.8. The van der Waals surface area contributed by atoms with Crippen molar-refractivity contribution >= 4 is 22.6 Å². The Kier molecular flexibility index (Phi) is 3.05. The van der Waals surface area contributed by atoms with Crippen molar-refractivity contribution in [2.75, 3.05) is 25.4 Å². The van der Waals surface area contributed by atoms with Crippen molar-refractivity contribution in [3.63, 3.8) is 0 Å². The van der Waals surface area contributed by atoms with Crippen LogP contribution in [0.1, 0.15) is 5.56 Å². The Balaban J connectivity index is 1.91. The standard InChI is InChI=1S/C14H16N4O/c15-14-11(9-18-6-5-16-8-13(18)19)7-10-3-1-2-4-12(10)17-14/h1-4,7,16H,5-6,8-9H2,(H2,15,17). The second-order valence-electron chi connectivity index (χ2n) is 4.72. The van der Waals surface area contributed by atoms with Crippen LogP contribution in [0.4, 0.5) is 5.82 Å². The number of aromatic nitrogens is 1. The van der Waals surface area contributed by atoms with E-state index in [1.54, 1.807) is 0 Å². The number of para-hydroxylation sites is 1. The number of anilines is 1. The summed E-state index contributed by atoms with van der Waals surface area (Å²) in [5.74, 6) is 0.615. The number of pyridine rings is 1. The number of hydrogen-bond acceptors (Lipinski definition) is 4. The lowest BCUT2D eigenvalue weighted by atomic mass is 10.1. The van der Waals surface area contributed by atoms with Crippen LogP contribution in [0.25, 0.3) is 10.9 Å². The molecular formula is C14H16N4O. The fourth-order valence-corrected chi connectivity index (χ4v) is 2.32. The molecule has 5 nitrogen and oxygen atoms in total. The minimum atomic E-state index is 0.110. The quantitative estimate of drug-likeness (QED) is 0.831. The Morgan fingerprint density at radius 2 is 2.21 bits per heavy atom. The SMILES string of the molecule is Nc1nc2ccccc2cc1CN1CCNCC1=O. The molecule has 0 bridgehead atoms. The Morgan fingerprint density at radius 3 is 3.05 bits per heavy atom. The van der Waals surface area contributed by atoms with Gasteiger partial charge in [-0.2, -0.15) is 0 Å². The summed E-state index contributed by atoms with van der Waals surface area (Å²) in [4.78, 5) is 18.0. The lowest BCUT2D eigenvalue weighted by Gasteiger charge is -2.27. The number of nitrogens with two attached hydrogens (primary N) is 1. The zero-order valence-electron chi connectivity index (χ0n) is 10.6. The minimum absolute atomic E-state index is 0.110. The maximum absolute atomic E-state index is 11.8. The Labute approximate surface area is 111 Å². The molecule has 0 atom stereocenters. The van der Waals surface area contributed by atoms with E-state index in [9.17, 15) is 4.79 Å². The van der Waals surface area contributed by atoms with Crippen molar-refractivity contribution in [3.05, 3.63) is 35.9 Å². The third-order valence-corrected chi connectivity index (χ3v) is 3.39. The Bertz CT molecular complexity index is 626. The summed E-state index contributed by atoms with van der Waals surface area (Å²) >= 11 is 0. The lowest BCUT2D eigenvalue weighted by molar-refractivity contribution is -0.132. The van der Waals surface area contributed by atoms with Gasteiger partial charge in [0.05, 0.1) is 12.1 Å². The van der Waals surface area contributed by atoms with E-state index >= 15 is 0 Å². The first-order valence-electron chi connectivity index (χ1n) is 6.36. The van der Waals surface area contributed by atoms with Gasteiger partial charge in [0.2, 0.25) is 5.91 Å². The highest BCUT2D eigenvalue weighted by Crippen LogP contribution is 2.19. The van der Waals surface area contributed by atoms with Gasteiger partial charge >= 0.3 is 0 Å². The Hall–Kier alpha value is -2.14. The van der Waals surface area contributed by atoms with Gasteiger partial charge in [-0.3, -0.25) is 4.79 Å². The van der Waals surface area contributed by atoms with Crippen molar-refractivity contribution in [1.82, 2.24) is 15.2 Å². The van der Waals surface area contributed by atoms with Gasteiger partial charge in [0, 0.05) is 30.6 Å². The van der Waals surface area contributed by atoms with Crippen LogP contribution in [-0.4, -0.2) is 35.4 Å². The van der Waals surface area contributed by atoms with E-state index in [0.29, 0.717) is 25.5 Å². The molecule has 5 heteroatoms. The number of amides is 1. The topological polar surface area (TPSA) is 71.2 Å². The minimum Gasteiger partial charge on any atom is -0.383 e. The van der Waals surface area contributed by atoms with Crippen LogP contribution < -0.4 is 11.1 Å². The van der Waals surface area contributed by atoms with E-state index in [-0.39, 0.29) is 5.91 Å². The number of piperazine rings is 1. The number of carbonyl (C=O) groups excluding carboxylic acids is 1. The highest BCUT2D eigenvalue weighted by Gasteiger charge is 2.18. The molecule has 1 saturated heterocycles. The third-order valence-electron chi connectivity index (χ3n) is 3.39. The fraction of sp³-hybridized carbons (Fsp3) is 0.286. The van der Waals surface area contributed by atoms with E-state index < -0.39 is 0 Å². The summed E-state index contributed by atoms with van der Waals surface area (Å²) in [5.41, 5.74) is 7.78. The highest BCUT2D eigenvalue weighted by molar-refractivity contribution is 5.82. The number of fused-ring (bicyclic) bond motifs is 1. The molecule has 0 saturated carbocycles. The summed E-state index contributed by atoms with van der Waals surface area (Å²) in [7, 11) is 0. The molecule has 0 spiro atoms. The molecule has 0 radical (unpaired) electrons. The maximum Gasteiger partial charge on any atom is 0.236 e. The largest absolute Gasteiger partial charge is 0.383 e. The molecule has 19 heavy (non-hydrogen) atoms. The molecule has 2 heterocycles. The predicted octanol–water partition coefficient (Wildman–Crippen LogP) is 0.749. The van der Waals surface area contributed by atoms with E-state index in [1.165, 1.54) is 0 Å². The third kappa shape index (κ3) is 2.37. The zero-order valence-corrected chi connectivity index (χ0v) is 10.6. The van der Waals surface area contributed by atoms with Crippen LogP contribution >= 0.6 is 0 Å². The number of hydrogen-bond donors (Lipinski definition) is 2. The van der Waals surface area contributed by atoms with Gasteiger partial charge in [-0.15, -0.1) is 0 Å². The van der Waals surface area contributed by atoms with Gasteiger partial charge in [0.15, 0.2) is 0 Å². The average molecular weight is 256 g/mol. The summed E-state index contributed by atoms with van der Waals surface area (Å²) in [6.45, 7) is 2.48. The molecule has 3 rings (SSSR count). The van der Waals surface area contributed by atoms with E-state index in [1.807, 2.05) is 35.2 Å². The molecule has 1 aliphatic heterocycles. The van der Waals surface area contributed by atoms with Crippen LogP contribution in [-0.2, 0) is 11.3 Å². The fourth-order valence-electron chi connectivity index (χ4n) is 2.32. The van der Waals surface area contributed by atoms with Crippen molar-refractivity contribution < 1.29 is 4.79 Å². The second-order valence-corrected chi connectivity index (χ2v) is 4.72. The van der Waals surface area contributed by atoms with Crippen LogP contribution in [0.2, 0.25) is 0 Å². The molecule has 1 amide bonds. The smallest absolute Gasteiger partial charge is 0.236 e. The molecule has 1 aliphatic rings. The highest BCUT2D eigenvalue weighted by atomic mass is 16.2. The number of rotatable bonds is 2. The van der Waals surface area contributed by atoms with Crippen molar-refractivity contribution in [3.8, 4) is 0 Å². The van der Waals surface area contributed by atoms with Crippen molar-refractivity contribution in [2.24, 2.45) is 0 Å². The van der Waals surface area contributed by atoms with Gasteiger partial charge in [-0.1, -0.05) is 18.2 Å². The lowest BCUT2D eigenvalue weighted by Crippen LogP contribution is -2.47. The van der Waals surface area contributed by atoms with E-state index in [2.05, 4.69) is 10.3 Å². The number of benzene rings is 1. The number of nitrogens with one attached hydrogen (secondary N) is 1. The summed E-state index contributed by atoms with van der Waals surface area (Å²) in [5, 5.41) is 4.11. The van der Waals surface area contributed by atoms with Crippen molar-refractivity contribution in [1.29, 1.82) is 0 Å². The molecule has 1 fully saturated rings. The normalized spacial score (nSPS) is 16.0. The van der Waals surface area contributed by atoms with Gasteiger partial charge < -0.3 is 16.0 Å². The summed E-state index contributed by atoms with van der Waals surface area (Å²) in [6, 6.07) is 9.87. The molecule has 3 N–H and O–H groups in total. The molecule has 0 aliphatic carbocycles. The van der Waals surface area contributed by atoms with E-state index in [4.69, 9.17) is 5.73 Å². The van der Waals surface area contributed by atoms with E-state index in [0.717, 1.165) is 23.0 Å². The first-order chi connectivity index (χ1) is 9.24. The molecule has 1 aromatic carbocycles. The number of nitrogens with zero attached hydrogens (tertiary/aromatic N) is 2. The molecule has 0 unspecified atom stereocenters. The van der Waals surface area contributed by atoms with Crippen LogP contribution in [0, 0.1) is 0 Å². The van der Waals surface area contributed by atoms with Crippen LogP contribution in [0.3, 0.4) is 0 Å². The zero-order chi connectivity index (χ0) is 13.2. The van der Waals surface area contributed by atoms with Crippen LogP contribution in [0.5, 0.6) is 0 Å². The summed E-state index contributed by atoms with van der Waals surface area (Å²) < 4.78 is 0. The van der Waals surface area contributed by atoms with Gasteiger partial charge in [0.25, 0.3) is 0 Å². The van der Waals surface area contributed by atoms with Crippen LogP contribution in [0.15, 0.2) is 30.3 Å². The second kappa shape index (κ2) is 4.85. The molecule has 98 valence electrons.